The molecule has 1 heterocycles. The minimum Gasteiger partial charge on any atom is -0.481 e. The summed E-state index contributed by atoms with van der Waals surface area (Å²) >= 11 is 4.07. The third-order valence-electron chi connectivity index (χ3n) is 4.65. The summed E-state index contributed by atoms with van der Waals surface area (Å²) in [5, 5.41) is 8.39. The van der Waals surface area contributed by atoms with E-state index in [1.165, 1.54) is 25.7 Å². The van der Waals surface area contributed by atoms with Gasteiger partial charge in [-0.1, -0.05) is 36.5 Å². The fourth-order valence-corrected chi connectivity index (χ4v) is 3.12. The lowest BCUT2D eigenvalue weighted by Gasteiger charge is -2.05. The molecule has 0 bridgehead atoms. The van der Waals surface area contributed by atoms with Gasteiger partial charge in [-0.05, 0) is 81.6 Å². The van der Waals surface area contributed by atoms with E-state index in [-0.39, 0.29) is 5.41 Å². The molecule has 1 aliphatic carbocycles. The van der Waals surface area contributed by atoms with E-state index in [0.29, 0.717) is 6.42 Å². The van der Waals surface area contributed by atoms with E-state index in [1.807, 2.05) is 0 Å². The third-order valence-corrected chi connectivity index (χ3v) is 5.32. The van der Waals surface area contributed by atoms with Crippen LogP contribution >= 0.6 is 12.6 Å². The summed E-state index contributed by atoms with van der Waals surface area (Å²) in [6, 6.07) is 0. The summed E-state index contributed by atoms with van der Waals surface area (Å²) in [4.78, 5) is 14.6. The Morgan fingerprint density at radius 3 is 2.48 bits per heavy atom. The van der Waals surface area contributed by atoms with E-state index in [2.05, 4.69) is 73.2 Å². The molecule has 2 aliphatic rings. The Kier molecular flexibility index (Phi) is 12.6. The van der Waals surface area contributed by atoms with E-state index >= 15 is 0 Å². The van der Waals surface area contributed by atoms with Gasteiger partial charge >= 0.3 is 5.97 Å². The Balaban J connectivity index is 0.000000337. The van der Waals surface area contributed by atoms with Gasteiger partial charge in [-0.2, -0.15) is 12.6 Å². The summed E-state index contributed by atoms with van der Waals surface area (Å²) in [5.74, 6) is 0.0285. The van der Waals surface area contributed by atoms with Crippen LogP contribution in [0.3, 0.4) is 0 Å². The molecule has 0 unspecified atom stereocenters. The van der Waals surface area contributed by atoms with Crippen LogP contribution in [0.25, 0.3) is 0 Å². The fraction of sp³-hybridized carbons (Fsp3) is 0.565. The maximum absolute atomic E-state index is 10.2. The Morgan fingerprint density at radius 2 is 1.96 bits per heavy atom. The average molecular weight is 390 g/mol. The maximum atomic E-state index is 10.2. The second kappa shape index (κ2) is 14.5. The molecule has 0 radical (unpaired) electrons. The van der Waals surface area contributed by atoms with Crippen molar-refractivity contribution < 1.29 is 9.90 Å². The molecular formula is C23H35NO2S. The normalized spacial score (nSPS) is 17.9. The number of aliphatic imine (C=N–C) groups is 1. The lowest BCUT2D eigenvalue weighted by molar-refractivity contribution is -0.138. The van der Waals surface area contributed by atoms with Crippen molar-refractivity contribution in [3.05, 3.63) is 48.6 Å². The number of carboxylic acid groups (broad SMARTS) is 1. The number of hydrogen-bond donors (Lipinski definition) is 2. The zero-order valence-electron chi connectivity index (χ0n) is 16.6. The summed E-state index contributed by atoms with van der Waals surface area (Å²) in [6.45, 7) is 3.02. The van der Waals surface area contributed by atoms with E-state index in [0.717, 1.165) is 43.7 Å². The first-order valence-corrected chi connectivity index (χ1v) is 10.7. The number of aliphatic carboxylic acids is 1. The maximum Gasteiger partial charge on any atom is 0.303 e. The van der Waals surface area contributed by atoms with Gasteiger partial charge in [0.05, 0.1) is 12.1 Å². The number of dihydropyridines is 1. The van der Waals surface area contributed by atoms with E-state index < -0.39 is 5.97 Å². The summed E-state index contributed by atoms with van der Waals surface area (Å²) in [6.07, 6.45) is 27.0. The first kappa shape index (κ1) is 23.5. The van der Waals surface area contributed by atoms with Gasteiger partial charge in [-0.3, -0.25) is 9.79 Å². The molecule has 0 atom stereocenters. The van der Waals surface area contributed by atoms with Crippen LogP contribution in [0.15, 0.2) is 53.6 Å². The van der Waals surface area contributed by atoms with Crippen molar-refractivity contribution in [2.24, 2.45) is 10.4 Å². The number of carbonyl (C=O) groups is 1. The number of hydrogen-bond acceptors (Lipinski definition) is 3. The minimum atomic E-state index is -0.693. The summed E-state index contributed by atoms with van der Waals surface area (Å²) < 4.78 is 0. The van der Waals surface area contributed by atoms with Gasteiger partial charge in [0.25, 0.3) is 0 Å². The van der Waals surface area contributed by atoms with Crippen LogP contribution in [0.1, 0.15) is 64.7 Å². The molecule has 2 rings (SSSR count). The van der Waals surface area contributed by atoms with Gasteiger partial charge in [0, 0.05) is 6.54 Å². The molecule has 27 heavy (non-hydrogen) atoms. The molecule has 1 fully saturated rings. The molecule has 0 aromatic rings. The Hall–Kier alpha value is -1.55. The molecule has 3 nitrogen and oxygen atoms in total. The topological polar surface area (TPSA) is 49.7 Å². The smallest absolute Gasteiger partial charge is 0.303 e. The minimum absolute atomic E-state index is 0.0783. The second-order valence-corrected chi connectivity index (χ2v) is 7.51. The number of rotatable bonds is 11. The van der Waals surface area contributed by atoms with Crippen molar-refractivity contribution in [1.82, 2.24) is 0 Å². The molecule has 0 amide bonds. The Morgan fingerprint density at radius 1 is 1.22 bits per heavy atom. The van der Waals surface area contributed by atoms with Crippen molar-refractivity contribution in [3.63, 3.8) is 0 Å². The lowest BCUT2D eigenvalue weighted by atomic mass is 10.1. The van der Waals surface area contributed by atoms with Crippen LogP contribution < -0.4 is 0 Å². The van der Waals surface area contributed by atoms with Crippen LogP contribution in [0.5, 0.6) is 0 Å². The first-order valence-electron chi connectivity index (χ1n) is 10.1. The number of allylic oxidation sites excluding steroid dienone is 7. The highest BCUT2D eigenvalue weighted by atomic mass is 32.1. The molecule has 1 saturated carbocycles. The van der Waals surface area contributed by atoms with Gasteiger partial charge in [-0.15, -0.1) is 0 Å². The predicted octanol–water partition coefficient (Wildman–Crippen LogP) is 6.20. The van der Waals surface area contributed by atoms with Crippen molar-refractivity contribution in [1.29, 1.82) is 0 Å². The Bertz CT molecular complexity index is 569. The predicted molar refractivity (Wildman–Crippen MR) is 120 cm³/mol. The number of nitrogens with zero attached hydrogens (tertiary/aromatic N) is 1. The monoisotopic (exact) mass is 389 g/mol. The van der Waals surface area contributed by atoms with Crippen LogP contribution in [0, 0.1) is 5.41 Å². The van der Waals surface area contributed by atoms with Crippen molar-refractivity contribution in [2.75, 3.05) is 12.3 Å². The van der Waals surface area contributed by atoms with Crippen molar-refractivity contribution >= 4 is 24.3 Å². The van der Waals surface area contributed by atoms with E-state index in [9.17, 15) is 4.79 Å². The standard InChI is InChI=1S/C17H25N.C6H10O2S/c1-2-3-4-5-6-7-8-9-10-11-14-17-15-12-13-16-18-17;7-5(8)3-6(4-9)1-2-6/h2-3,8-9,11-12,14-15H,4-7,10,13,16H2,1H3;9H,1-4H2,(H,7,8)/b3-2-,9-8+,14-11+;. The molecule has 0 spiro atoms. The number of carboxylic acids is 1. The summed E-state index contributed by atoms with van der Waals surface area (Å²) in [5.41, 5.74) is 1.19. The van der Waals surface area contributed by atoms with Gasteiger partial charge in [0.2, 0.25) is 0 Å². The lowest BCUT2D eigenvalue weighted by Crippen LogP contribution is -2.09. The van der Waals surface area contributed by atoms with Crippen molar-refractivity contribution in [2.45, 2.75) is 64.7 Å². The quantitative estimate of drug-likeness (QED) is 0.251. The average Bonchev–Trinajstić information content (AvgIpc) is 3.44. The van der Waals surface area contributed by atoms with Gasteiger partial charge in [-0.25, -0.2) is 0 Å². The largest absolute Gasteiger partial charge is 0.481 e. The highest BCUT2D eigenvalue weighted by molar-refractivity contribution is 7.80. The zero-order chi connectivity index (χ0) is 19.8. The van der Waals surface area contributed by atoms with E-state index in [4.69, 9.17) is 5.11 Å². The molecule has 1 N–H and O–H groups in total. The highest BCUT2D eigenvalue weighted by Crippen LogP contribution is 2.49. The summed E-state index contributed by atoms with van der Waals surface area (Å²) in [7, 11) is 0. The first-order chi connectivity index (χ1) is 13.1. The molecule has 0 aromatic heterocycles. The van der Waals surface area contributed by atoms with Crippen LogP contribution in [-0.2, 0) is 4.79 Å². The number of thiol groups is 1. The molecule has 4 heteroatoms. The SMILES string of the molecule is C/C=C\CCCC/C=C/C/C=C/C1=NCCC=C1.O=C(O)CC1(CS)CC1. The van der Waals surface area contributed by atoms with Crippen molar-refractivity contribution in [3.8, 4) is 0 Å². The Labute approximate surface area is 170 Å². The van der Waals surface area contributed by atoms with Crippen LogP contribution in [0.4, 0.5) is 0 Å². The van der Waals surface area contributed by atoms with Gasteiger partial charge in [0.15, 0.2) is 0 Å². The highest BCUT2D eigenvalue weighted by Gasteiger charge is 2.42. The van der Waals surface area contributed by atoms with E-state index in [1.54, 1.807) is 0 Å². The second-order valence-electron chi connectivity index (χ2n) is 7.19. The van der Waals surface area contributed by atoms with Crippen LogP contribution in [0.2, 0.25) is 0 Å². The fourth-order valence-electron chi connectivity index (χ4n) is 2.69. The van der Waals surface area contributed by atoms with Gasteiger partial charge < -0.3 is 5.11 Å². The third kappa shape index (κ3) is 12.5. The number of unbranched alkanes of at least 4 members (excludes halogenated alkanes) is 3. The van der Waals surface area contributed by atoms with Gasteiger partial charge in [0.1, 0.15) is 0 Å². The molecule has 0 aromatic carbocycles. The molecular weight excluding hydrogens is 354 g/mol. The zero-order valence-corrected chi connectivity index (χ0v) is 17.5. The molecule has 1 aliphatic heterocycles. The molecule has 150 valence electrons. The molecule has 0 saturated heterocycles. The van der Waals surface area contributed by atoms with Crippen LogP contribution in [-0.4, -0.2) is 29.1 Å².